The molecule has 1 aliphatic carbocycles. The Morgan fingerprint density at radius 2 is 1.25 bits per heavy atom. The summed E-state index contributed by atoms with van der Waals surface area (Å²) in [6, 6.07) is 5.44. The van der Waals surface area contributed by atoms with E-state index >= 15 is 0 Å². The summed E-state index contributed by atoms with van der Waals surface area (Å²) in [5, 5.41) is 0. The molecule has 1 aromatic carbocycles. The minimum absolute atomic E-state index is 0.159. The van der Waals surface area contributed by atoms with Gasteiger partial charge in [-0.25, -0.2) is 4.39 Å². The van der Waals surface area contributed by atoms with Crippen molar-refractivity contribution >= 4 is 30.4 Å². The zero-order valence-corrected chi connectivity index (χ0v) is 23.4. The highest BCUT2D eigenvalue weighted by Gasteiger charge is 2.44. The second-order valence-electron chi connectivity index (χ2n) is 9.07. The molecule has 9 nitrogen and oxygen atoms in total. The second kappa shape index (κ2) is 13.6. The number of benzene rings is 1. The molecule has 1 aromatic rings. The molecule has 1 saturated carbocycles. The van der Waals surface area contributed by atoms with Crippen LogP contribution in [0.5, 0.6) is 0 Å². The molecule has 2 rings (SSSR count). The summed E-state index contributed by atoms with van der Waals surface area (Å²) in [4.78, 5) is 0. The van der Waals surface area contributed by atoms with Gasteiger partial charge in [-0.05, 0) is 61.6 Å². The molecule has 0 unspecified atom stereocenters. The van der Waals surface area contributed by atoms with Crippen LogP contribution in [-0.2, 0) is 42.9 Å². The van der Waals surface area contributed by atoms with Crippen LogP contribution in [-0.4, -0.2) is 61.8 Å². The van der Waals surface area contributed by atoms with E-state index in [0.717, 1.165) is 0 Å². The van der Waals surface area contributed by atoms with Crippen LogP contribution < -0.4 is 0 Å². The Bertz CT molecular complexity index is 1130. The molecule has 0 bridgehead atoms. The summed E-state index contributed by atoms with van der Waals surface area (Å²) in [6.07, 6.45) is 0.788. The van der Waals surface area contributed by atoms with Gasteiger partial charge in [0.25, 0.3) is 30.4 Å². The molecule has 13 heteroatoms. The fourth-order valence-electron chi connectivity index (χ4n) is 4.52. The predicted octanol–water partition coefficient (Wildman–Crippen LogP) is 3.57. The van der Waals surface area contributed by atoms with Gasteiger partial charge >= 0.3 is 0 Å². The highest BCUT2D eigenvalue weighted by Crippen LogP contribution is 2.44. The van der Waals surface area contributed by atoms with E-state index in [2.05, 4.69) is 0 Å². The number of rotatable bonds is 15. The average molecular weight is 573 g/mol. The lowest BCUT2D eigenvalue weighted by atomic mass is 9.68. The van der Waals surface area contributed by atoms with Crippen LogP contribution >= 0.6 is 0 Å². The molecule has 0 aliphatic heterocycles. The van der Waals surface area contributed by atoms with Gasteiger partial charge in [-0.15, -0.1) is 0 Å². The number of halogens is 1. The maximum Gasteiger partial charge on any atom is 0.267 e. The van der Waals surface area contributed by atoms with Crippen molar-refractivity contribution in [1.82, 2.24) is 0 Å². The first kappa shape index (κ1) is 31.1. The van der Waals surface area contributed by atoms with Crippen molar-refractivity contribution in [3.05, 3.63) is 35.6 Å². The highest BCUT2D eigenvalue weighted by atomic mass is 32.2. The SMILES string of the molecule is CCCS(=O)(=O)OC[C@H]1CC[C@H](OS(=O)(=O)CCC)[C@@H](c2ccc(F)cc2)[C@@H]1COS(=O)(=O)CCC. The van der Waals surface area contributed by atoms with Crippen molar-refractivity contribution < 1.29 is 42.2 Å². The maximum absolute atomic E-state index is 13.7. The van der Waals surface area contributed by atoms with Gasteiger partial charge in [-0.1, -0.05) is 32.9 Å². The lowest BCUT2D eigenvalue weighted by Crippen LogP contribution is -2.43. The zero-order valence-electron chi connectivity index (χ0n) is 21.0. The van der Waals surface area contributed by atoms with Gasteiger partial charge in [-0.2, -0.15) is 25.3 Å². The summed E-state index contributed by atoms with van der Waals surface area (Å²) in [5.41, 5.74) is 0.538. The smallest absolute Gasteiger partial charge is 0.267 e. The van der Waals surface area contributed by atoms with Crippen molar-refractivity contribution in [3.8, 4) is 0 Å². The summed E-state index contributed by atoms with van der Waals surface area (Å²) < 4.78 is 104. The van der Waals surface area contributed by atoms with Gasteiger partial charge in [-0.3, -0.25) is 12.5 Å². The molecule has 0 spiro atoms. The monoisotopic (exact) mass is 572 g/mol. The van der Waals surface area contributed by atoms with Crippen molar-refractivity contribution in [3.63, 3.8) is 0 Å². The molecular weight excluding hydrogens is 535 g/mol. The topological polar surface area (TPSA) is 130 Å². The Morgan fingerprint density at radius 1 is 0.750 bits per heavy atom. The zero-order chi connectivity index (χ0) is 27.0. The Kier molecular flexibility index (Phi) is 11.8. The van der Waals surface area contributed by atoms with Gasteiger partial charge in [0.05, 0.1) is 36.6 Å². The Morgan fingerprint density at radius 3 is 1.78 bits per heavy atom. The Balaban J connectivity index is 2.46. The Labute approximate surface area is 215 Å². The van der Waals surface area contributed by atoms with Gasteiger partial charge < -0.3 is 0 Å². The van der Waals surface area contributed by atoms with Gasteiger partial charge in [0, 0.05) is 5.92 Å². The van der Waals surface area contributed by atoms with E-state index in [9.17, 15) is 29.6 Å². The first-order chi connectivity index (χ1) is 16.8. The third-order valence-electron chi connectivity index (χ3n) is 6.08. The third-order valence-corrected chi connectivity index (χ3v) is 10.3. The van der Waals surface area contributed by atoms with Gasteiger partial charge in [0.15, 0.2) is 0 Å². The average Bonchev–Trinajstić information content (AvgIpc) is 2.77. The molecule has 36 heavy (non-hydrogen) atoms. The van der Waals surface area contributed by atoms with Gasteiger partial charge in [0.1, 0.15) is 5.82 Å². The highest BCUT2D eigenvalue weighted by molar-refractivity contribution is 7.87. The largest absolute Gasteiger partial charge is 0.270 e. The summed E-state index contributed by atoms with van der Waals surface area (Å²) in [5.74, 6) is -2.88. The van der Waals surface area contributed by atoms with Crippen LogP contribution in [0.2, 0.25) is 0 Å². The standard InChI is InChI=1S/C23H37FO9S3/c1-4-13-34(25,26)31-16-19-9-12-22(33-36(29,30)15-6-3)23(18-7-10-20(24)11-8-18)21(19)17-32-35(27,28)14-5-2/h7-8,10-11,19,21-23H,4-6,9,12-17H2,1-3H3/t19-,21-,22+,23+/m1/s1. The van der Waals surface area contributed by atoms with E-state index in [-0.39, 0.29) is 36.9 Å². The second-order valence-corrected chi connectivity index (χ2v) is 14.3. The van der Waals surface area contributed by atoms with Crippen molar-refractivity contribution in [2.75, 3.05) is 30.5 Å². The summed E-state index contributed by atoms with van der Waals surface area (Å²) >= 11 is 0. The molecule has 0 heterocycles. The van der Waals surface area contributed by atoms with Crippen molar-refractivity contribution in [2.24, 2.45) is 11.8 Å². The van der Waals surface area contributed by atoms with Crippen LogP contribution in [0.3, 0.4) is 0 Å². The molecule has 0 saturated heterocycles. The van der Waals surface area contributed by atoms with E-state index in [0.29, 0.717) is 31.2 Å². The minimum atomic E-state index is -3.88. The third kappa shape index (κ3) is 9.64. The van der Waals surface area contributed by atoms with Crippen LogP contribution in [0, 0.1) is 17.7 Å². The predicted molar refractivity (Wildman–Crippen MR) is 134 cm³/mol. The quantitative estimate of drug-likeness (QED) is 0.290. The number of hydrogen-bond donors (Lipinski definition) is 0. The van der Waals surface area contributed by atoms with Crippen LogP contribution in [0.15, 0.2) is 24.3 Å². The Hall–Kier alpha value is -1.12. The molecule has 0 amide bonds. The lowest BCUT2D eigenvalue weighted by Gasteiger charge is -2.42. The van der Waals surface area contributed by atoms with E-state index < -0.39 is 60.0 Å². The van der Waals surface area contributed by atoms with Crippen LogP contribution in [0.4, 0.5) is 4.39 Å². The maximum atomic E-state index is 13.7. The minimum Gasteiger partial charge on any atom is -0.270 e. The van der Waals surface area contributed by atoms with E-state index in [1.807, 2.05) is 0 Å². The van der Waals surface area contributed by atoms with Crippen LogP contribution in [0.1, 0.15) is 64.4 Å². The van der Waals surface area contributed by atoms with E-state index in [1.54, 1.807) is 20.8 Å². The van der Waals surface area contributed by atoms with Crippen molar-refractivity contribution in [2.45, 2.75) is 64.9 Å². The van der Waals surface area contributed by atoms with Gasteiger partial charge in [0.2, 0.25) is 0 Å². The first-order valence-electron chi connectivity index (χ1n) is 12.2. The molecule has 208 valence electrons. The molecular formula is C23H37FO9S3. The summed E-state index contributed by atoms with van der Waals surface area (Å²) in [7, 11) is -11.5. The fourth-order valence-corrected chi connectivity index (χ4v) is 7.69. The molecule has 0 aromatic heterocycles. The first-order valence-corrected chi connectivity index (χ1v) is 17.0. The normalized spacial score (nSPS) is 23.6. The van der Waals surface area contributed by atoms with E-state index in [1.165, 1.54) is 24.3 Å². The molecule has 0 N–H and O–H groups in total. The van der Waals surface area contributed by atoms with Crippen molar-refractivity contribution in [1.29, 1.82) is 0 Å². The fraction of sp³-hybridized carbons (Fsp3) is 0.739. The lowest BCUT2D eigenvalue weighted by molar-refractivity contribution is 0.0228. The van der Waals surface area contributed by atoms with E-state index in [4.69, 9.17) is 12.5 Å². The molecule has 4 atom stereocenters. The molecule has 0 radical (unpaired) electrons. The summed E-state index contributed by atoms with van der Waals surface area (Å²) in [6.45, 7) is 4.58. The molecule has 1 aliphatic rings. The number of hydrogen-bond acceptors (Lipinski definition) is 9. The molecule has 1 fully saturated rings. The van der Waals surface area contributed by atoms with Crippen LogP contribution in [0.25, 0.3) is 0 Å².